The van der Waals surface area contributed by atoms with Crippen molar-refractivity contribution in [2.45, 2.75) is 31.1 Å². The number of aromatic carboxylic acids is 1. The van der Waals surface area contributed by atoms with Crippen LogP contribution < -0.4 is 4.72 Å². The van der Waals surface area contributed by atoms with E-state index in [2.05, 4.69) is 9.71 Å². The minimum Gasteiger partial charge on any atom is -0.477 e. The van der Waals surface area contributed by atoms with Crippen LogP contribution in [0.15, 0.2) is 47.5 Å². The Morgan fingerprint density at radius 3 is 2.38 bits per heavy atom. The average Bonchev–Trinajstić information content (AvgIpc) is 2.93. The van der Waals surface area contributed by atoms with E-state index in [9.17, 15) is 18.3 Å². The topological polar surface area (TPSA) is 96.4 Å². The van der Waals surface area contributed by atoms with Crippen LogP contribution in [0.3, 0.4) is 0 Å². The highest BCUT2D eigenvalue weighted by Gasteiger charge is 2.24. The monoisotopic (exact) mass is 390 g/mol. The minimum absolute atomic E-state index is 0.0468. The van der Waals surface area contributed by atoms with E-state index in [1.54, 1.807) is 24.3 Å². The molecule has 2 heterocycles. The van der Waals surface area contributed by atoms with Crippen LogP contribution in [0.1, 0.15) is 36.0 Å². The first-order chi connectivity index (χ1) is 12.1. The van der Waals surface area contributed by atoms with Crippen LogP contribution in [0.5, 0.6) is 0 Å². The van der Waals surface area contributed by atoms with Gasteiger partial charge in [0.1, 0.15) is 9.71 Å². The first-order valence-corrected chi connectivity index (χ1v) is 10.1. The number of aromatic nitrogens is 1. The summed E-state index contributed by atoms with van der Waals surface area (Å²) in [5.41, 5.74) is 0.958. The summed E-state index contributed by atoms with van der Waals surface area (Å²) in [6.07, 6.45) is 1.54. The number of carboxylic acids is 1. The number of carboxylic acid groups (broad SMARTS) is 1. The fourth-order valence-electron chi connectivity index (χ4n) is 2.51. The van der Waals surface area contributed by atoms with Gasteiger partial charge in [0, 0.05) is 11.6 Å². The van der Waals surface area contributed by atoms with Crippen molar-refractivity contribution in [3.05, 3.63) is 53.0 Å². The van der Waals surface area contributed by atoms with Gasteiger partial charge in [-0.15, -0.1) is 11.3 Å². The molecule has 0 bridgehead atoms. The molecule has 0 amide bonds. The zero-order chi connectivity index (χ0) is 19.1. The van der Waals surface area contributed by atoms with Crippen LogP contribution in [-0.2, 0) is 15.4 Å². The molecule has 0 aliphatic rings. The van der Waals surface area contributed by atoms with Crippen molar-refractivity contribution in [2.75, 3.05) is 4.72 Å². The first-order valence-electron chi connectivity index (χ1n) is 7.84. The van der Waals surface area contributed by atoms with Crippen molar-refractivity contribution in [3.63, 3.8) is 0 Å². The molecule has 3 rings (SSSR count). The van der Waals surface area contributed by atoms with E-state index >= 15 is 0 Å². The summed E-state index contributed by atoms with van der Waals surface area (Å²) >= 11 is 0.936. The Labute approximate surface area is 155 Å². The predicted molar refractivity (Wildman–Crippen MR) is 103 cm³/mol. The normalized spacial score (nSPS) is 12.3. The second-order valence-corrected chi connectivity index (χ2v) is 9.53. The van der Waals surface area contributed by atoms with E-state index in [-0.39, 0.29) is 20.9 Å². The number of rotatable bonds is 4. The molecule has 0 aliphatic carbocycles. The van der Waals surface area contributed by atoms with E-state index in [0.29, 0.717) is 10.2 Å². The summed E-state index contributed by atoms with van der Waals surface area (Å²) in [5, 5.41) is 9.87. The summed E-state index contributed by atoms with van der Waals surface area (Å²) in [5.74, 6) is -1.20. The Kier molecular flexibility index (Phi) is 4.49. The Morgan fingerprint density at radius 1 is 1.15 bits per heavy atom. The van der Waals surface area contributed by atoms with Gasteiger partial charge in [-0.3, -0.25) is 4.72 Å². The number of hydrogen-bond donors (Lipinski definition) is 2. The highest BCUT2D eigenvalue weighted by molar-refractivity contribution is 7.92. The molecular formula is C18H18N2O4S2. The molecule has 0 radical (unpaired) electrons. The van der Waals surface area contributed by atoms with Crippen LogP contribution in [0, 0.1) is 0 Å². The van der Waals surface area contributed by atoms with Crippen LogP contribution in [0.25, 0.3) is 10.2 Å². The zero-order valence-corrected chi connectivity index (χ0v) is 16.1. The zero-order valence-electron chi connectivity index (χ0n) is 14.5. The fourth-order valence-corrected chi connectivity index (χ4v) is 4.61. The molecule has 0 saturated carbocycles. The van der Waals surface area contributed by atoms with E-state index in [1.165, 1.54) is 18.3 Å². The lowest BCUT2D eigenvalue weighted by atomic mass is 9.87. The smallest absolute Gasteiger partial charge is 0.348 e. The molecule has 3 aromatic rings. The molecular weight excluding hydrogens is 372 g/mol. The second kappa shape index (κ2) is 6.37. The molecule has 6 nitrogen and oxygen atoms in total. The van der Waals surface area contributed by atoms with Gasteiger partial charge < -0.3 is 5.11 Å². The molecule has 0 aliphatic heterocycles. The SMILES string of the molecule is CC(C)(C)c1ccc(S(=O)(=O)Nc2c(C(=O)O)sc3ncccc23)cc1. The van der Waals surface area contributed by atoms with Crippen molar-refractivity contribution >= 4 is 43.2 Å². The van der Waals surface area contributed by atoms with Crippen molar-refractivity contribution < 1.29 is 18.3 Å². The number of thiophene rings is 1. The predicted octanol–water partition coefficient (Wildman–Crippen LogP) is 4.09. The number of nitrogens with zero attached hydrogens (tertiary/aromatic N) is 1. The van der Waals surface area contributed by atoms with E-state index in [0.717, 1.165) is 16.9 Å². The van der Waals surface area contributed by atoms with Crippen molar-refractivity contribution in [1.82, 2.24) is 4.98 Å². The lowest BCUT2D eigenvalue weighted by Gasteiger charge is -2.19. The number of hydrogen-bond acceptors (Lipinski definition) is 5. The third kappa shape index (κ3) is 3.42. The van der Waals surface area contributed by atoms with Crippen LogP contribution in [0.2, 0.25) is 0 Å². The fraction of sp³-hybridized carbons (Fsp3) is 0.222. The molecule has 2 aromatic heterocycles. The quantitative estimate of drug-likeness (QED) is 0.699. The average molecular weight is 390 g/mol. The number of benzene rings is 1. The van der Waals surface area contributed by atoms with E-state index in [4.69, 9.17) is 0 Å². The molecule has 2 N–H and O–H groups in total. The lowest BCUT2D eigenvalue weighted by molar-refractivity contribution is 0.0703. The van der Waals surface area contributed by atoms with E-state index < -0.39 is 16.0 Å². The molecule has 0 saturated heterocycles. The molecule has 0 atom stereocenters. The Balaban J connectivity index is 2.04. The maximum Gasteiger partial charge on any atom is 0.348 e. The van der Waals surface area contributed by atoms with Crippen LogP contribution in [0.4, 0.5) is 5.69 Å². The Morgan fingerprint density at radius 2 is 1.81 bits per heavy atom. The largest absolute Gasteiger partial charge is 0.477 e. The maximum atomic E-state index is 12.8. The first kappa shape index (κ1) is 18.3. The van der Waals surface area contributed by atoms with Gasteiger partial charge in [-0.05, 0) is 35.2 Å². The molecule has 8 heteroatoms. The molecule has 0 unspecified atom stereocenters. The number of anilines is 1. The number of pyridine rings is 1. The third-order valence-electron chi connectivity index (χ3n) is 3.93. The molecule has 1 aromatic carbocycles. The molecule has 136 valence electrons. The minimum atomic E-state index is -3.93. The van der Waals surface area contributed by atoms with Gasteiger partial charge in [0.25, 0.3) is 10.0 Å². The van der Waals surface area contributed by atoms with Gasteiger partial charge in [-0.1, -0.05) is 32.9 Å². The van der Waals surface area contributed by atoms with E-state index in [1.807, 2.05) is 20.8 Å². The molecule has 0 spiro atoms. The summed E-state index contributed by atoms with van der Waals surface area (Å²) in [6.45, 7) is 6.12. The second-order valence-electron chi connectivity index (χ2n) is 6.85. The van der Waals surface area contributed by atoms with Crippen LogP contribution in [-0.4, -0.2) is 24.5 Å². The summed E-state index contributed by atoms with van der Waals surface area (Å²) < 4.78 is 27.9. The number of carbonyl (C=O) groups is 1. The number of fused-ring (bicyclic) bond motifs is 1. The highest BCUT2D eigenvalue weighted by Crippen LogP contribution is 2.36. The third-order valence-corrected chi connectivity index (χ3v) is 6.39. The summed E-state index contributed by atoms with van der Waals surface area (Å²) in [4.78, 5) is 16.1. The van der Waals surface area contributed by atoms with Gasteiger partial charge in [-0.25, -0.2) is 18.2 Å². The summed E-state index contributed by atoms with van der Waals surface area (Å²) in [6, 6.07) is 9.86. The van der Waals surface area contributed by atoms with Gasteiger partial charge in [0.05, 0.1) is 10.6 Å². The number of sulfonamides is 1. The molecule has 26 heavy (non-hydrogen) atoms. The maximum absolute atomic E-state index is 12.8. The van der Waals surface area contributed by atoms with Crippen molar-refractivity contribution in [3.8, 4) is 0 Å². The Bertz CT molecular complexity index is 1080. The molecule has 0 fully saturated rings. The van der Waals surface area contributed by atoms with Gasteiger partial charge in [0.2, 0.25) is 0 Å². The van der Waals surface area contributed by atoms with Gasteiger partial charge in [-0.2, -0.15) is 0 Å². The van der Waals surface area contributed by atoms with Crippen LogP contribution >= 0.6 is 11.3 Å². The lowest BCUT2D eigenvalue weighted by Crippen LogP contribution is -2.16. The van der Waals surface area contributed by atoms with Crippen molar-refractivity contribution in [2.24, 2.45) is 0 Å². The van der Waals surface area contributed by atoms with Gasteiger partial charge in [0.15, 0.2) is 0 Å². The van der Waals surface area contributed by atoms with Gasteiger partial charge >= 0.3 is 5.97 Å². The van der Waals surface area contributed by atoms with Crippen molar-refractivity contribution in [1.29, 1.82) is 0 Å². The summed E-state index contributed by atoms with van der Waals surface area (Å²) in [7, 11) is -3.93. The number of nitrogens with one attached hydrogen (secondary N) is 1. The highest BCUT2D eigenvalue weighted by atomic mass is 32.2. The standard InChI is InChI=1S/C18H18N2O4S2/c1-18(2,3)11-6-8-12(9-7-11)26(23,24)20-14-13-5-4-10-19-16(13)25-15(14)17(21)22/h4-10,20H,1-3H3,(H,21,22). The Hall–Kier alpha value is -2.45.